The lowest BCUT2D eigenvalue weighted by Gasteiger charge is -1.98. The maximum absolute atomic E-state index is 6.72. The molecule has 0 N–H and O–H groups in total. The van der Waals surface area contributed by atoms with E-state index in [0.717, 1.165) is 17.7 Å². The molecule has 0 unspecified atom stereocenters. The van der Waals surface area contributed by atoms with E-state index in [9.17, 15) is 0 Å². The number of hydrogen-bond acceptors (Lipinski definition) is 1. The number of nitrogens with zero attached hydrogens (tertiary/aromatic N) is 3. The molecule has 2 rings (SSSR count). The van der Waals surface area contributed by atoms with E-state index in [1.165, 1.54) is 0 Å². The van der Waals surface area contributed by atoms with E-state index in [1.807, 2.05) is 47.4 Å². The molecule has 0 bridgehead atoms. The van der Waals surface area contributed by atoms with Gasteiger partial charge in [0.15, 0.2) is 0 Å². The number of rotatable bonds is 3. The van der Waals surface area contributed by atoms with E-state index in [0.29, 0.717) is 6.54 Å². The van der Waals surface area contributed by atoms with E-state index in [1.54, 1.807) is 0 Å². The van der Waals surface area contributed by atoms with Crippen LogP contribution in [-0.4, -0.2) is 16.3 Å². The molecule has 0 spiro atoms. The molecule has 0 aliphatic carbocycles. The zero-order chi connectivity index (χ0) is 10.5. The predicted molar refractivity (Wildman–Crippen MR) is 58.7 cm³/mol. The zero-order valence-corrected chi connectivity index (χ0v) is 8.30. The SMILES string of the molecule is [C-]#[N+]CCc1cnn(-c2ccccc2)c1. The first kappa shape index (κ1) is 9.47. The normalized spacial score (nSPS) is 9.80. The molecule has 2 aromatic rings. The highest BCUT2D eigenvalue weighted by Crippen LogP contribution is 2.07. The first-order chi connectivity index (χ1) is 7.40. The summed E-state index contributed by atoms with van der Waals surface area (Å²) in [6.07, 6.45) is 4.56. The van der Waals surface area contributed by atoms with Crippen molar-refractivity contribution < 1.29 is 0 Å². The quantitative estimate of drug-likeness (QED) is 0.692. The van der Waals surface area contributed by atoms with Gasteiger partial charge in [0.1, 0.15) is 0 Å². The Labute approximate surface area is 88.8 Å². The van der Waals surface area contributed by atoms with Crippen LogP contribution in [0.2, 0.25) is 0 Å². The minimum atomic E-state index is 0.528. The van der Waals surface area contributed by atoms with Gasteiger partial charge in [0.05, 0.1) is 11.9 Å². The van der Waals surface area contributed by atoms with E-state index >= 15 is 0 Å². The van der Waals surface area contributed by atoms with Gasteiger partial charge in [-0.25, -0.2) is 11.3 Å². The van der Waals surface area contributed by atoms with Crippen LogP contribution in [0.25, 0.3) is 10.5 Å². The molecule has 1 aromatic heterocycles. The Balaban J connectivity index is 2.18. The van der Waals surface area contributed by atoms with Crippen molar-refractivity contribution in [1.29, 1.82) is 0 Å². The molecule has 0 saturated heterocycles. The number of aromatic nitrogens is 2. The molecule has 0 amide bonds. The van der Waals surface area contributed by atoms with Crippen LogP contribution in [-0.2, 0) is 6.42 Å². The van der Waals surface area contributed by atoms with Gasteiger partial charge in [-0.15, -0.1) is 0 Å². The summed E-state index contributed by atoms with van der Waals surface area (Å²) in [6.45, 7) is 7.25. The standard InChI is InChI=1S/C12H11N3/c1-13-8-7-11-9-14-15(10-11)12-5-3-2-4-6-12/h2-6,9-10H,7-8H2. The highest BCUT2D eigenvalue weighted by molar-refractivity contribution is 5.30. The molecule has 0 saturated carbocycles. The van der Waals surface area contributed by atoms with Crippen molar-refractivity contribution in [2.24, 2.45) is 0 Å². The summed E-state index contributed by atoms with van der Waals surface area (Å²) in [6, 6.07) is 9.95. The number of hydrogen-bond donors (Lipinski definition) is 0. The largest absolute Gasteiger partial charge is 0.317 e. The molecule has 0 aliphatic rings. The third-order valence-corrected chi connectivity index (χ3v) is 2.17. The van der Waals surface area contributed by atoms with Gasteiger partial charge in [0.25, 0.3) is 0 Å². The lowest BCUT2D eigenvalue weighted by molar-refractivity contribution is 0.879. The predicted octanol–water partition coefficient (Wildman–Crippen LogP) is 2.33. The minimum Gasteiger partial charge on any atom is -0.317 e. The van der Waals surface area contributed by atoms with Gasteiger partial charge in [-0.3, -0.25) is 0 Å². The second kappa shape index (κ2) is 4.43. The van der Waals surface area contributed by atoms with Crippen molar-refractivity contribution in [3.05, 3.63) is 59.7 Å². The van der Waals surface area contributed by atoms with Gasteiger partial charge in [0.2, 0.25) is 6.54 Å². The second-order valence-electron chi connectivity index (χ2n) is 3.26. The molecule has 0 fully saturated rings. The van der Waals surface area contributed by atoms with Crippen molar-refractivity contribution in [2.75, 3.05) is 6.54 Å². The highest BCUT2D eigenvalue weighted by atomic mass is 15.3. The number of para-hydroxylation sites is 1. The van der Waals surface area contributed by atoms with Crippen LogP contribution in [0, 0.1) is 6.57 Å². The lowest BCUT2D eigenvalue weighted by atomic mass is 10.2. The van der Waals surface area contributed by atoms with Crippen molar-refractivity contribution in [3.63, 3.8) is 0 Å². The Morgan fingerprint density at radius 3 is 2.80 bits per heavy atom. The van der Waals surface area contributed by atoms with Crippen LogP contribution in [0.1, 0.15) is 5.56 Å². The third kappa shape index (κ3) is 2.23. The van der Waals surface area contributed by atoms with E-state index in [-0.39, 0.29) is 0 Å². The molecule has 3 nitrogen and oxygen atoms in total. The van der Waals surface area contributed by atoms with E-state index < -0.39 is 0 Å². The average molecular weight is 197 g/mol. The first-order valence-corrected chi connectivity index (χ1v) is 4.82. The molecule has 1 aromatic carbocycles. The van der Waals surface area contributed by atoms with Gasteiger partial charge >= 0.3 is 0 Å². The summed E-state index contributed by atoms with van der Waals surface area (Å²) in [5.74, 6) is 0. The fourth-order valence-electron chi connectivity index (χ4n) is 1.40. The molecular weight excluding hydrogens is 186 g/mol. The minimum absolute atomic E-state index is 0.528. The van der Waals surface area contributed by atoms with Crippen LogP contribution in [0.5, 0.6) is 0 Å². The average Bonchev–Trinajstić information content (AvgIpc) is 2.76. The smallest absolute Gasteiger partial charge is 0.218 e. The Hall–Kier alpha value is -2.08. The van der Waals surface area contributed by atoms with Crippen LogP contribution >= 0.6 is 0 Å². The molecule has 0 aliphatic heterocycles. The maximum Gasteiger partial charge on any atom is 0.218 e. The molecule has 74 valence electrons. The summed E-state index contributed by atoms with van der Waals surface area (Å²) in [4.78, 5) is 3.33. The lowest BCUT2D eigenvalue weighted by Crippen LogP contribution is -1.92. The Morgan fingerprint density at radius 2 is 2.07 bits per heavy atom. The van der Waals surface area contributed by atoms with Crippen molar-refractivity contribution >= 4 is 0 Å². The molecular formula is C12H11N3. The molecule has 3 heteroatoms. The van der Waals surface area contributed by atoms with Gasteiger partial charge in [-0.1, -0.05) is 18.2 Å². The Bertz CT molecular complexity index is 465. The van der Waals surface area contributed by atoms with Crippen LogP contribution in [0.4, 0.5) is 0 Å². The highest BCUT2D eigenvalue weighted by Gasteiger charge is 2.00. The van der Waals surface area contributed by atoms with Crippen LogP contribution in [0.15, 0.2) is 42.7 Å². The molecule has 0 atom stereocenters. The Kier molecular flexibility index (Phi) is 2.80. The van der Waals surface area contributed by atoms with Gasteiger partial charge in [-0.2, -0.15) is 5.10 Å². The van der Waals surface area contributed by atoms with E-state index in [4.69, 9.17) is 6.57 Å². The monoisotopic (exact) mass is 197 g/mol. The van der Waals surface area contributed by atoms with Crippen LogP contribution in [0.3, 0.4) is 0 Å². The fraction of sp³-hybridized carbons (Fsp3) is 0.167. The third-order valence-electron chi connectivity index (χ3n) is 2.17. The summed E-state index contributed by atoms with van der Waals surface area (Å²) in [5, 5.41) is 4.25. The van der Waals surface area contributed by atoms with Gasteiger partial charge in [-0.05, 0) is 17.7 Å². The maximum atomic E-state index is 6.72. The summed E-state index contributed by atoms with van der Waals surface area (Å²) >= 11 is 0. The molecule has 1 heterocycles. The molecule has 0 radical (unpaired) electrons. The first-order valence-electron chi connectivity index (χ1n) is 4.82. The summed E-state index contributed by atoms with van der Waals surface area (Å²) < 4.78 is 1.83. The van der Waals surface area contributed by atoms with Crippen molar-refractivity contribution in [3.8, 4) is 5.69 Å². The molecule has 15 heavy (non-hydrogen) atoms. The van der Waals surface area contributed by atoms with Crippen molar-refractivity contribution in [1.82, 2.24) is 9.78 Å². The van der Waals surface area contributed by atoms with E-state index in [2.05, 4.69) is 9.94 Å². The second-order valence-corrected chi connectivity index (χ2v) is 3.26. The van der Waals surface area contributed by atoms with Crippen molar-refractivity contribution in [2.45, 2.75) is 6.42 Å². The number of benzene rings is 1. The fourth-order valence-corrected chi connectivity index (χ4v) is 1.40. The topological polar surface area (TPSA) is 22.2 Å². The van der Waals surface area contributed by atoms with Crippen LogP contribution < -0.4 is 0 Å². The summed E-state index contributed by atoms with van der Waals surface area (Å²) in [5.41, 5.74) is 2.15. The van der Waals surface area contributed by atoms with Gasteiger partial charge in [0, 0.05) is 12.6 Å². The summed E-state index contributed by atoms with van der Waals surface area (Å²) in [7, 11) is 0. The Morgan fingerprint density at radius 1 is 1.27 bits per heavy atom. The van der Waals surface area contributed by atoms with Gasteiger partial charge < -0.3 is 4.85 Å². The zero-order valence-electron chi connectivity index (χ0n) is 8.30.